The summed E-state index contributed by atoms with van der Waals surface area (Å²) in [5, 5.41) is 8.38. The number of thiazole rings is 1. The van der Waals surface area contributed by atoms with Gasteiger partial charge in [-0.2, -0.15) is 5.10 Å². The lowest BCUT2D eigenvalue weighted by molar-refractivity contribution is 0.102. The second kappa shape index (κ2) is 7.63. The van der Waals surface area contributed by atoms with Gasteiger partial charge >= 0.3 is 0 Å². The molecule has 3 aromatic rings. The number of hydrogen-bond donors (Lipinski definition) is 2. The van der Waals surface area contributed by atoms with Gasteiger partial charge in [-0.3, -0.25) is 10.2 Å². The number of carbonyl (C=O) groups excluding carboxylic acids is 1. The highest BCUT2D eigenvalue weighted by Crippen LogP contribution is 2.28. The minimum Gasteiger partial charge on any atom is -0.322 e. The second-order valence-electron chi connectivity index (χ2n) is 5.48. The molecule has 0 saturated carbocycles. The van der Waals surface area contributed by atoms with Crippen molar-refractivity contribution in [2.24, 2.45) is 5.10 Å². The van der Waals surface area contributed by atoms with E-state index >= 15 is 0 Å². The molecule has 5 nitrogen and oxygen atoms in total. The summed E-state index contributed by atoms with van der Waals surface area (Å²) in [6.07, 6.45) is 0.886. The molecule has 3 rings (SSSR count). The van der Waals surface area contributed by atoms with Crippen molar-refractivity contribution in [3.05, 3.63) is 53.1 Å². The zero-order valence-corrected chi connectivity index (χ0v) is 15.4. The van der Waals surface area contributed by atoms with Crippen molar-refractivity contribution in [1.82, 2.24) is 4.98 Å². The number of nitrogens with zero attached hydrogens (tertiary/aromatic N) is 2. The number of halogens is 1. The van der Waals surface area contributed by atoms with Crippen molar-refractivity contribution >= 4 is 55.6 Å². The van der Waals surface area contributed by atoms with E-state index in [1.807, 2.05) is 32.0 Å². The fraction of sp³-hybridized carbons (Fsp3) is 0.167. The quantitative estimate of drug-likeness (QED) is 0.465. The Labute approximate surface area is 154 Å². The summed E-state index contributed by atoms with van der Waals surface area (Å²) in [6, 6.07) is 12.5. The van der Waals surface area contributed by atoms with Crippen molar-refractivity contribution < 1.29 is 4.79 Å². The predicted octanol–water partition coefficient (Wildman–Crippen LogP) is 5.40. The molecule has 0 aliphatic rings. The molecule has 0 aliphatic heterocycles. The highest BCUT2D eigenvalue weighted by atomic mass is 35.5. The molecule has 1 heterocycles. The van der Waals surface area contributed by atoms with E-state index in [-0.39, 0.29) is 5.91 Å². The van der Waals surface area contributed by atoms with E-state index in [2.05, 4.69) is 20.8 Å². The van der Waals surface area contributed by atoms with Crippen molar-refractivity contribution in [2.75, 3.05) is 10.7 Å². The van der Waals surface area contributed by atoms with Crippen molar-refractivity contribution in [3.8, 4) is 0 Å². The van der Waals surface area contributed by atoms with Crippen LogP contribution in [0, 0.1) is 0 Å². The molecule has 1 amide bonds. The highest BCUT2D eigenvalue weighted by Gasteiger charge is 2.09. The maximum absolute atomic E-state index is 12.3. The Hall–Kier alpha value is -2.44. The number of aromatic nitrogens is 1. The number of fused-ring (bicyclic) bond motifs is 1. The lowest BCUT2D eigenvalue weighted by atomic mass is 10.2. The van der Waals surface area contributed by atoms with Crippen LogP contribution in [-0.4, -0.2) is 16.6 Å². The number of nitrogens with one attached hydrogen (secondary N) is 2. The van der Waals surface area contributed by atoms with Gasteiger partial charge in [0.1, 0.15) is 0 Å². The van der Waals surface area contributed by atoms with Gasteiger partial charge in [0.2, 0.25) is 5.13 Å². The molecular weight excluding hydrogens is 356 g/mol. The van der Waals surface area contributed by atoms with E-state index in [1.54, 1.807) is 24.3 Å². The van der Waals surface area contributed by atoms with E-state index in [1.165, 1.54) is 11.3 Å². The Morgan fingerprint density at radius 1 is 1.28 bits per heavy atom. The van der Waals surface area contributed by atoms with Crippen LogP contribution in [0.15, 0.2) is 47.6 Å². The predicted molar refractivity (Wildman–Crippen MR) is 106 cm³/mol. The van der Waals surface area contributed by atoms with Crippen LogP contribution < -0.4 is 10.7 Å². The Balaban J connectivity index is 1.78. The minimum absolute atomic E-state index is 0.210. The number of rotatable bonds is 5. The zero-order chi connectivity index (χ0) is 17.8. The van der Waals surface area contributed by atoms with Gasteiger partial charge < -0.3 is 5.32 Å². The summed E-state index contributed by atoms with van der Waals surface area (Å²) in [7, 11) is 0. The largest absolute Gasteiger partial charge is 0.322 e. The van der Waals surface area contributed by atoms with E-state index in [0.717, 1.165) is 27.5 Å². The lowest BCUT2D eigenvalue weighted by Gasteiger charge is -2.05. The first kappa shape index (κ1) is 17.4. The van der Waals surface area contributed by atoms with Gasteiger partial charge in [0, 0.05) is 22.0 Å². The second-order valence-corrected chi connectivity index (χ2v) is 6.95. The lowest BCUT2D eigenvalue weighted by Crippen LogP contribution is -2.11. The maximum atomic E-state index is 12.3. The van der Waals surface area contributed by atoms with Gasteiger partial charge in [-0.15, -0.1) is 0 Å². The first-order valence-electron chi connectivity index (χ1n) is 7.82. The van der Waals surface area contributed by atoms with Crippen LogP contribution in [0.3, 0.4) is 0 Å². The van der Waals surface area contributed by atoms with Gasteiger partial charge in [-0.05, 0) is 49.7 Å². The van der Waals surface area contributed by atoms with E-state index in [4.69, 9.17) is 11.6 Å². The molecule has 0 saturated heterocycles. The number of benzene rings is 2. The fourth-order valence-electron chi connectivity index (χ4n) is 2.11. The smallest absolute Gasteiger partial charge is 0.255 e. The molecule has 0 fully saturated rings. The average molecular weight is 373 g/mol. The Morgan fingerprint density at radius 2 is 2.12 bits per heavy atom. The van der Waals surface area contributed by atoms with E-state index in [9.17, 15) is 4.79 Å². The topological polar surface area (TPSA) is 66.4 Å². The first-order valence-corrected chi connectivity index (χ1v) is 9.01. The van der Waals surface area contributed by atoms with E-state index < -0.39 is 0 Å². The molecule has 0 aliphatic carbocycles. The Kier molecular flexibility index (Phi) is 5.31. The van der Waals surface area contributed by atoms with Crippen LogP contribution in [0.5, 0.6) is 0 Å². The van der Waals surface area contributed by atoms with Gasteiger partial charge in [0.25, 0.3) is 5.91 Å². The molecule has 128 valence electrons. The molecule has 25 heavy (non-hydrogen) atoms. The SMILES string of the molecule is CC/C(C)=N\Nc1nc2cc(NC(=O)c3cccc(Cl)c3)ccc2s1. The summed E-state index contributed by atoms with van der Waals surface area (Å²) in [5.74, 6) is -0.210. The molecule has 1 aromatic heterocycles. The Morgan fingerprint density at radius 3 is 2.88 bits per heavy atom. The summed E-state index contributed by atoms with van der Waals surface area (Å²) in [4.78, 5) is 16.8. The van der Waals surface area contributed by atoms with Crippen molar-refractivity contribution in [1.29, 1.82) is 0 Å². The summed E-state index contributed by atoms with van der Waals surface area (Å²) in [6.45, 7) is 4.01. The summed E-state index contributed by atoms with van der Waals surface area (Å²) >= 11 is 7.45. The number of anilines is 2. The maximum Gasteiger partial charge on any atom is 0.255 e. The average Bonchev–Trinajstić information content (AvgIpc) is 3.01. The zero-order valence-electron chi connectivity index (χ0n) is 13.8. The van der Waals surface area contributed by atoms with Gasteiger partial charge in [-0.25, -0.2) is 4.98 Å². The fourth-order valence-corrected chi connectivity index (χ4v) is 3.09. The molecule has 0 atom stereocenters. The minimum atomic E-state index is -0.210. The normalized spacial score (nSPS) is 11.6. The van der Waals surface area contributed by atoms with Crippen LogP contribution >= 0.6 is 22.9 Å². The molecule has 0 unspecified atom stereocenters. The standard InChI is InChI=1S/C18H17ClN4OS/c1-3-11(2)22-23-18-21-15-10-14(7-8-16(15)25-18)20-17(24)12-5-4-6-13(19)9-12/h4-10H,3H2,1-2H3,(H,20,24)(H,21,23)/b22-11-. The first-order chi connectivity index (χ1) is 12.0. The van der Waals surface area contributed by atoms with Gasteiger partial charge in [-0.1, -0.05) is 35.9 Å². The number of carbonyl (C=O) groups is 1. The third kappa shape index (κ3) is 4.35. The molecule has 0 bridgehead atoms. The van der Waals surface area contributed by atoms with Crippen LogP contribution in [0.1, 0.15) is 30.6 Å². The number of hydrogen-bond acceptors (Lipinski definition) is 5. The Bertz CT molecular complexity index is 951. The molecular formula is C18H17ClN4OS. The van der Waals surface area contributed by atoms with Crippen molar-refractivity contribution in [2.45, 2.75) is 20.3 Å². The summed E-state index contributed by atoms with van der Waals surface area (Å²) < 4.78 is 1.02. The van der Waals surface area contributed by atoms with E-state index in [0.29, 0.717) is 16.3 Å². The molecule has 7 heteroatoms. The van der Waals surface area contributed by atoms with Gasteiger partial charge in [0.15, 0.2) is 0 Å². The molecule has 2 N–H and O–H groups in total. The van der Waals surface area contributed by atoms with Crippen LogP contribution in [0.4, 0.5) is 10.8 Å². The van der Waals surface area contributed by atoms with Crippen LogP contribution in [-0.2, 0) is 0 Å². The van der Waals surface area contributed by atoms with Crippen LogP contribution in [0.2, 0.25) is 5.02 Å². The third-order valence-electron chi connectivity index (χ3n) is 3.59. The number of hydrazone groups is 1. The summed E-state index contributed by atoms with van der Waals surface area (Å²) in [5.41, 5.74) is 5.98. The molecule has 2 aromatic carbocycles. The van der Waals surface area contributed by atoms with Gasteiger partial charge in [0.05, 0.1) is 10.2 Å². The highest BCUT2D eigenvalue weighted by molar-refractivity contribution is 7.22. The molecule has 0 radical (unpaired) electrons. The monoisotopic (exact) mass is 372 g/mol. The number of amides is 1. The van der Waals surface area contributed by atoms with Crippen molar-refractivity contribution in [3.63, 3.8) is 0 Å². The third-order valence-corrected chi connectivity index (χ3v) is 4.76. The van der Waals surface area contributed by atoms with Crippen LogP contribution in [0.25, 0.3) is 10.2 Å². The molecule has 0 spiro atoms.